The smallest absolute Gasteiger partial charge is 0.0980 e. The summed E-state index contributed by atoms with van der Waals surface area (Å²) in [6.45, 7) is 6.24. The Morgan fingerprint density at radius 3 is 2.13 bits per heavy atom. The van der Waals surface area contributed by atoms with E-state index in [1.54, 1.807) is 0 Å². The summed E-state index contributed by atoms with van der Waals surface area (Å²) in [7, 11) is 0. The molecule has 31 heavy (non-hydrogen) atoms. The first-order valence-corrected chi connectivity index (χ1v) is 11.3. The zero-order chi connectivity index (χ0) is 21.5. The van der Waals surface area contributed by atoms with Gasteiger partial charge in [0.25, 0.3) is 0 Å². The van der Waals surface area contributed by atoms with Crippen LogP contribution in [0.15, 0.2) is 84.9 Å². The van der Waals surface area contributed by atoms with Crippen LogP contribution in [0.2, 0.25) is 0 Å². The highest BCUT2D eigenvalue weighted by Gasteiger charge is 2.40. The van der Waals surface area contributed by atoms with Crippen molar-refractivity contribution in [2.24, 2.45) is 0 Å². The van der Waals surface area contributed by atoms with Crippen molar-refractivity contribution in [3.8, 4) is 0 Å². The maximum Gasteiger partial charge on any atom is 0.0980 e. The summed E-state index contributed by atoms with van der Waals surface area (Å²) in [5, 5.41) is 12.4. The van der Waals surface area contributed by atoms with Crippen molar-refractivity contribution in [3.05, 3.63) is 107 Å². The van der Waals surface area contributed by atoms with Gasteiger partial charge in [0.1, 0.15) is 0 Å². The topological polar surface area (TPSA) is 32.7 Å². The molecular formula is C28H33NO2. The van der Waals surface area contributed by atoms with Crippen LogP contribution in [0.25, 0.3) is 0 Å². The van der Waals surface area contributed by atoms with Crippen LogP contribution in [-0.4, -0.2) is 42.9 Å². The van der Waals surface area contributed by atoms with Gasteiger partial charge in [0.2, 0.25) is 0 Å². The molecule has 0 amide bonds. The lowest BCUT2D eigenvalue weighted by atomic mass is 9.73. The minimum Gasteiger partial charge on any atom is -0.384 e. The summed E-state index contributed by atoms with van der Waals surface area (Å²) in [4.78, 5) is 2.43. The van der Waals surface area contributed by atoms with Crippen LogP contribution < -0.4 is 0 Å². The summed E-state index contributed by atoms with van der Waals surface area (Å²) in [6.07, 6.45) is 1.50. The molecule has 4 rings (SSSR count). The molecule has 1 N–H and O–H groups in total. The van der Waals surface area contributed by atoms with Crippen molar-refractivity contribution in [2.45, 2.75) is 31.3 Å². The first-order chi connectivity index (χ1) is 15.1. The Kier molecular flexibility index (Phi) is 7.18. The molecule has 0 aliphatic carbocycles. The van der Waals surface area contributed by atoms with E-state index in [0.29, 0.717) is 6.42 Å². The number of nitrogens with zero attached hydrogens (tertiary/aromatic N) is 1. The van der Waals surface area contributed by atoms with Crippen LogP contribution in [-0.2, 0) is 16.8 Å². The van der Waals surface area contributed by atoms with Crippen LogP contribution in [0.3, 0.4) is 0 Å². The molecule has 3 nitrogen and oxygen atoms in total. The molecule has 0 aromatic heterocycles. The van der Waals surface area contributed by atoms with Crippen LogP contribution in [0.4, 0.5) is 0 Å². The molecular weight excluding hydrogens is 382 g/mol. The molecule has 0 radical (unpaired) electrons. The van der Waals surface area contributed by atoms with Gasteiger partial charge in [-0.15, -0.1) is 0 Å². The number of morpholine rings is 1. The molecule has 1 fully saturated rings. The highest BCUT2D eigenvalue weighted by molar-refractivity contribution is 5.34. The minimum absolute atomic E-state index is 0.0294. The third-order valence-corrected chi connectivity index (χ3v) is 6.51. The maximum atomic E-state index is 12.4. The van der Waals surface area contributed by atoms with Crippen LogP contribution >= 0.6 is 0 Å². The lowest BCUT2D eigenvalue weighted by Gasteiger charge is -2.41. The van der Waals surface area contributed by atoms with E-state index < -0.39 is 5.60 Å². The van der Waals surface area contributed by atoms with Gasteiger partial charge in [0.05, 0.1) is 18.8 Å². The van der Waals surface area contributed by atoms with Gasteiger partial charge < -0.3 is 9.84 Å². The fraction of sp³-hybridized carbons (Fsp3) is 0.357. The summed E-state index contributed by atoms with van der Waals surface area (Å²) in [6, 6.07) is 29.4. The average molecular weight is 416 g/mol. The highest BCUT2D eigenvalue weighted by atomic mass is 16.5. The van der Waals surface area contributed by atoms with E-state index in [1.807, 2.05) is 12.1 Å². The zero-order valence-corrected chi connectivity index (χ0v) is 18.4. The quantitative estimate of drug-likeness (QED) is 0.566. The van der Waals surface area contributed by atoms with Crippen LogP contribution in [0.5, 0.6) is 0 Å². The van der Waals surface area contributed by atoms with Gasteiger partial charge in [-0.25, -0.2) is 0 Å². The molecule has 3 aromatic carbocycles. The Morgan fingerprint density at radius 2 is 1.48 bits per heavy atom. The number of benzene rings is 3. The number of hydrogen-bond acceptors (Lipinski definition) is 3. The van der Waals surface area contributed by atoms with Gasteiger partial charge in [0, 0.05) is 25.6 Å². The second kappa shape index (κ2) is 10.2. The standard InChI is InChI=1S/C28H33NO2/c1-23-12-14-26(15-13-23)28(30,17-16-24-8-4-2-5-9-24)27(25-10-6-3-7-11-25)22-29-18-20-31-21-19-29/h2-15,27,30H,16-22H2,1H3/t27-,28-/m0/s1. The van der Waals surface area contributed by atoms with Gasteiger partial charge in [-0.05, 0) is 36.5 Å². The van der Waals surface area contributed by atoms with Crippen LogP contribution in [0, 0.1) is 6.92 Å². The predicted molar refractivity (Wildman–Crippen MR) is 126 cm³/mol. The van der Waals surface area contributed by atoms with Crippen molar-refractivity contribution < 1.29 is 9.84 Å². The van der Waals surface area contributed by atoms with E-state index in [4.69, 9.17) is 4.74 Å². The van der Waals surface area contributed by atoms with E-state index in [0.717, 1.165) is 44.8 Å². The minimum atomic E-state index is -0.969. The largest absolute Gasteiger partial charge is 0.384 e. The van der Waals surface area contributed by atoms with E-state index in [1.165, 1.54) is 16.7 Å². The molecule has 1 aliphatic rings. The maximum absolute atomic E-state index is 12.4. The Morgan fingerprint density at radius 1 is 0.871 bits per heavy atom. The number of aryl methyl sites for hydroxylation is 2. The normalized spacial score (nSPS) is 17.7. The molecule has 1 heterocycles. The van der Waals surface area contributed by atoms with Gasteiger partial charge in [0.15, 0.2) is 0 Å². The fourth-order valence-electron chi connectivity index (χ4n) is 4.60. The number of aliphatic hydroxyl groups is 1. The van der Waals surface area contributed by atoms with Crippen molar-refractivity contribution >= 4 is 0 Å². The summed E-state index contributed by atoms with van der Waals surface area (Å²) >= 11 is 0. The summed E-state index contributed by atoms with van der Waals surface area (Å²) in [5.74, 6) is -0.0294. The Bertz CT molecular complexity index is 920. The van der Waals surface area contributed by atoms with Crippen molar-refractivity contribution in [1.82, 2.24) is 4.90 Å². The van der Waals surface area contributed by atoms with Gasteiger partial charge >= 0.3 is 0 Å². The lowest BCUT2D eigenvalue weighted by molar-refractivity contribution is -0.0279. The summed E-state index contributed by atoms with van der Waals surface area (Å²) in [5.41, 5.74) is 3.68. The molecule has 3 heteroatoms. The first kappa shape index (κ1) is 21.8. The molecule has 0 unspecified atom stereocenters. The highest BCUT2D eigenvalue weighted by Crippen LogP contribution is 2.41. The Labute approximate surface area is 186 Å². The van der Waals surface area contributed by atoms with E-state index in [-0.39, 0.29) is 5.92 Å². The van der Waals surface area contributed by atoms with Crippen molar-refractivity contribution in [1.29, 1.82) is 0 Å². The SMILES string of the molecule is Cc1ccc([C@@](O)(CCc2ccccc2)[C@@H](CN2CCOCC2)c2ccccc2)cc1. The van der Waals surface area contributed by atoms with Crippen LogP contribution in [0.1, 0.15) is 34.6 Å². The monoisotopic (exact) mass is 415 g/mol. The predicted octanol–water partition coefficient (Wildman–Crippen LogP) is 4.93. The number of ether oxygens (including phenoxy) is 1. The first-order valence-electron chi connectivity index (χ1n) is 11.3. The molecule has 1 aliphatic heterocycles. The van der Waals surface area contributed by atoms with E-state index >= 15 is 0 Å². The van der Waals surface area contributed by atoms with Crippen molar-refractivity contribution in [2.75, 3.05) is 32.8 Å². The average Bonchev–Trinajstić information content (AvgIpc) is 2.83. The molecule has 2 atom stereocenters. The van der Waals surface area contributed by atoms with E-state index in [2.05, 4.69) is 84.6 Å². The second-order valence-corrected chi connectivity index (χ2v) is 8.65. The molecule has 3 aromatic rings. The van der Waals surface area contributed by atoms with Gasteiger partial charge in [-0.1, -0.05) is 90.5 Å². The molecule has 0 spiro atoms. The summed E-state index contributed by atoms with van der Waals surface area (Å²) < 4.78 is 5.57. The van der Waals surface area contributed by atoms with E-state index in [9.17, 15) is 5.11 Å². The lowest BCUT2D eigenvalue weighted by Crippen LogP contribution is -2.45. The Hall–Kier alpha value is -2.46. The third-order valence-electron chi connectivity index (χ3n) is 6.51. The number of hydrogen-bond donors (Lipinski definition) is 1. The molecule has 0 bridgehead atoms. The molecule has 0 saturated carbocycles. The van der Waals surface area contributed by atoms with Gasteiger partial charge in [-0.2, -0.15) is 0 Å². The fourth-order valence-corrected chi connectivity index (χ4v) is 4.60. The van der Waals surface area contributed by atoms with Gasteiger partial charge in [-0.3, -0.25) is 4.90 Å². The second-order valence-electron chi connectivity index (χ2n) is 8.65. The third kappa shape index (κ3) is 5.43. The zero-order valence-electron chi connectivity index (χ0n) is 18.4. The number of rotatable bonds is 8. The molecule has 162 valence electrons. The van der Waals surface area contributed by atoms with Crippen molar-refractivity contribution in [3.63, 3.8) is 0 Å². The Balaban J connectivity index is 1.71. The molecule has 1 saturated heterocycles.